The van der Waals surface area contributed by atoms with E-state index in [1.807, 2.05) is 0 Å². The molecular formula is C13H18ClN. The number of benzene rings is 1. The predicted molar refractivity (Wildman–Crippen MR) is 65.3 cm³/mol. The molecule has 15 heavy (non-hydrogen) atoms. The molecular weight excluding hydrogens is 206 g/mol. The minimum Gasteiger partial charge on any atom is -0.309 e. The summed E-state index contributed by atoms with van der Waals surface area (Å²) in [7, 11) is 0. The number of piperidine rings is 1. The van der Waals surface area contributed by atoms with Crippen molar-refractivity contribution in [1.29, 1.82) is 0 Å². The van der Waals surface area contributed by atoms with Crippen LogP contribution in [-0.4, -0.2) is 6.54 Å². The van der Waals surface area contributed by atoms with E-state index in [1.54, 1.807) is 0 Å². The first-order valence-electron chi connectivity index (χ1n) is 5.72. The van der Waals surface area contributed by atoms with Crippen LogP contribution in [0, 0.1) is 11.8 Å². The quantitative estimate of drug-likeness (QED) is 0.771. The summed E-state index contributed by atoms with van der Waals surface area (Å²) in [5, 5.41) is 3.70. The second-order valence-electron chi connectivity index (χ2n) is 4.74. The molecule has 0 amide bonds. The molecule has 2 fully saturated rings. The molecule has 1 saturated heterocycles. The summed E-state index contributed by atoms with van der Waals surface area (Å²) in [4.78, 5) is 0. The smallest absolute Gasteiger partial charge is 0.0348 e. The Bertz CT molecular complexity index is 312. The molecule has 1 aromatic carbocycles. The zero-order valence-electron chi connectivity index (χ0n) is 8.86. The fourth-order valence-corrected chi connectivity index (χ4v) is 3.11. The highest BCUT2D eigenvalue weighted by Gasteiger charge is 2.35. The van der Waals surface area contributed by atoms with E-state index in [0.29, 0.717) is 6.04 Å². The van der Waals surface area contributed by atoms with Gasteiger partial charge in [-0.2, -0.15) is 0 Å². The first kappa shape index (κ1) is 11.0. The lowest BCUT2D eigenvalue weighted by Gasteiger charge is -2.30. The molecule has 1 nitrogen and oxygen atoms in total. The van der Waals surface area contributed by atoms with Crippen molar-refractivity contribution < 1.29 is 0 Å². The van der Waals surface area contributed by atoms with Gasteiger partial charge in [-0.05, 0) is 43.2 Å². The van der Waals surface area contributed by atoms with E-state index >= 15 is 0 Å². The van der Waals surface area contributed by atoms with Gasteiger partial charge in [-0.3, -0.25) is 0 Å². The topological polar surface area (TPSA) is 12.0 Å². The molecule has 1 aromatic rings. The van der Waals surface area contributed by atoms with Crippen molar-refractivity contribution in [1.82, 2.24) is 5.32 Å². The van der Waals surface area contributed by atoms with Gasteiger partial charge in [-0.15, -0.1) is 12.4 Å². The van der Waals surface area contributed by atoms with Gasteiger partial charge in [-0.25, -0.2) is 0 Å². The van der Waals surface area contributed by atoms with Crippen molar-refractivity contribution in [3.63, 3.8) is 0 Å². The van der Waals surface area contributed by atoms with Gasteiger partial charge >= 0.3 is 0 Å². The molecule has 1 aliphatic heterocycles. The molecule has 0 aromatic heterocycles. The molecule has 82 valence electrons. The first-order chi connectivity index (χ1) is 6.93. The van der Waals surface area contributed by atoms with Crippen LogP contribution in [0.5, 0.6) is 0 Å². The van der Waals surface area contributed by atoms with Crippen molar-refractivity contribution in [2.75, 3.05) is 6.54 Å². The zero-order chi connectivity index (χ0) is 9.38. The number of halogens is 1. The summed E-state index contributed by atoms with van der Waals surface area (Å²) in [6, 6.07) is 11.6. The molecule has 2 heteroatoms. The lowest BCUT2D eigenvalue weighted by atomic mass is 9.88. The molecule has 2 bridgehead atoms. The SMILES string of the molecule is Cl.c1ccc(C2NCC3CCC2C3)cc1. The highest BCUT2D eigenvalue weighted by molar-refractivity contribution is 5.85. The van der Waals surface area contributed by atoms with Crippen LogP contribution in [-0.2, 0) is 0 Å². The third-order valence-electron chi connectivity index (χ3n) is 3.84. The fourth-order valence-electron chi connectivity index (χ4n) is 3.11. The Morgan fingerprint density at radius 3 is 2.67 bits per heavy atom. The number of fused-ring (bicyclic) bond motifs is 2. The summed E-state index contributed by atoms with van der Waals surface area (Å²) in [6.07, 6.45) is 4.32. The highest BCUT2D eigenvalue weighted by atomic mass is 35.5. The molecule has 0 spiro atoms. The van der Waals surface area contributed by atoms with Crippen LogP contribution in [0.15, 0.2) is 30.3 Å². The van der Waals surface area contributed by atoms with Crippen molar-refractivity contribution >= 4 is 12.4 Å². The maximum atomic E-state index is 3.70. The maximum Gasteiger partial charge on any atom is 0.0348 e. The zero-order valence-corrected chi connectivity index (χ0v) is 9.67. The molecule has 3 atom stereocenters. The van der Waals surface area contributed by atoms with E-state index in [1.165, 1.54) is 31.4 Å². The fraction of sp³-hybridized carbons (Fsp3) is 0.538. The standard InChI is InChI=1S/C13H17N.ClH/c1-2-4-11(5-3-1)13-12-7-6-10(8-12)9-14-13;/h1-5,10,12-14H,6-9H2;1H. The second-order valence-corrected chi connectivity index (χ2v) is 4.74. The van der Waals surface area contributed by atoms with Crippen LogP contribution < -0.4 is 5.32 Å². The second kappa shape index (κ2) is 4.54. The summed E-state index contributed by atoms with van der Waals surface area (Å²) in [6.45, 7) is 1.23. The molecule has 0 radical (unpaired) electrons. The van der Waals surface area contributed by atoms with Gasteiger partial charge in [0.25, 0.3) is 0 Å². The molecule has 3 unspecified atom stereocenters. The van der Waals surface area contributed by atoms with E-state index < -0.39 is 0 Å². The summed E-state index contributed by atoms with van der Waals surface area (Å²) < 4.78 is 0. The van der Waals surface area contributed by atoms with Crippen molar-refractivity contribution in [2.24, 2.45) is 11.8 Å². The van der Waals surface area contributed by atoms with Gasteiger partial charge in [0, 0.05) is 6.04 Å². The normalized spacial score (nSPS) is 33.5. The van der Waals surface area contributed by atoms with Crippen molar-refractivity contribution in [3.05, 3.63) is 35.9 Å². The van der Waals surface area contributed by atoms with Crippen LogP contribution in [0.1, 0.15) is 30.9 Å². The predicted octanol–water partition coefficient (Wildman–Crippen LogP) is 3.17. The van der Waals surface area contributed by atoms with Gasteiger partial charge in [0.05, 0.1) is 0 Å². The van der Waals surface area contributed by atoms with E-state index in [4.69, 9.17) is 0 Å². The number of rotatable bonds is 1. The Balaban J connectivity index is 0.000000853. The molecule has 3 rings (SSSR count). The average molecular weight is 224 g/mol. The number of hydrogen-bond donors (Lipinski definition) is 1. The Kier molecular flexibility index (Phi) is 3.32. The third kappa shape index (κ3) is 2.04. The van der Waals surface area contributed by atoms with E-state index in [-0.39, 0.29) is 12.4 Å². The first-order valence-corrected chi connectivity index (χ1v) is 5.72. The third-order valence-corrected chi connectivity index (χ3v) is 3.84. The Morgan fingerprint density at radius 1 is 1.07 bits per heavy atom. The summed E-state index contributed by atoms with van der Waals surface area (Å²) in [5.41, 5.74) is 1.48. The minimum absolute atomic E-state index is 0. The Labute approximate surface area is 97.7 Å². The molecule has 2 aliphatic rings. The molecule has 1 saturated carbocycles. The van der Waals surface area contributed by atoms with Crippen molar-refractivity contribution in [2.45, 2.75) is 25.3 Å². The number of nitrogens with one attached hydrogen (secondary N) is 1. The van der Waals surface area contributed by atoms with Crippen LogP contribution in [0.4, 0.5) is 0 Å². The molecule has 1 N–H and O–H groups in total. The van der Waals surface area contributed by atoms with Gasteiger partial charge in [0.1, 0.15) is 0 Å². The van der Waals surface area contributed by atoms with E-state index in [2.05, 4.69) is 35.6 Å². The largest absolute Gasteiger partial charge is 0.309 e. The van der Waals surface area contributed by atoms with Crippen LogP contribution in [0.3, 0.4) is 0 Å². The number of hydrogen-bond acceptors (Lipinski definition) is 1. The van der Waals surface area contributed by atoms with Crippen molar-refractivity contribution in [3.8, 4) is 0 Å². The van der Waals surface area contributed by atoms with E-state index in [0.717, 1.165) is 11.8 Å². The van der Waals surface area contributed by atoms with Gasteiger partial charge in [0.2, 0.25) is 0 Å². The minimum atomic E-state index is 0. The maximum absolute atomic E-state index is 3.70. The molecule has 1 heterocycles. The van der Waals surface area contributed by atoms with Gasteiger partial charge in [-0.1, -0.05) is 30.3 Å². The Morgan fingerprint density at radius 2 is 1.87 bits per heavy atom. The Hall–Kier alpha value is -0.530. The van der Waals surface area contributed by atoms with Crippen LogP contribution in [0.25, 0.3) is 0 Å². The lowest BCUT2D eigenvalue weighted by Crippen LogP contribution is -2.34. The van der Waals surface area contributed by atoms with Crippen LogP contribution >= 0.6 is 12.4 Å². The van der Waals surface area contributed by atoms with E-state index in [9.17, 15) is 0 Å². The highest BCUT2D eigenvalue weighted by Crippen LogP contribution is 2.42. The van der Waals surface area contributed by atoms with Gasteiger partial charge < -0.3 is 5.32 Å². The average Bonchev–Trinajstić information content (AvgIpc) is 2.62. The summed E-state index contributed by atoms with van der Waals surface area (Å²) >= 11 is 0. The van der Waals surface area contributed by atoms with Gasteiger partial charge in [0.15, 0.2) is 0 Å². The van der Waals surface area contributed by atoms with Crippen LogP contribution in [0.2, 0.25) is 0 Å². The lowest BCUT2D eigenvalue weighted by molar-refractivity contribution is 0.293. The summed E-state index contributed by atoms with van der Waals surface area (Å²) in [5.74, 6) is 1.87. The monoisotopic (exact) mass is 223 g/mol. The molecule has 1 aliphatic carbocycles.